The zero-order chi connectivity index (χ0) is 12.4. The van der Waals surface area contributed by atoms with Gasteiger partial charge in [-0.05, 0) is 58.0 Å². The Morgan fingerprint density at radius 3 is 2.18 bits per heavy atom. The summed E-state index contributed by atoms with van der Waals surface area (Å²) in [5.41, 5.74) is 2.08. The van der Waals surface area contributed by atoms with Crippen molar-refractivity contribution in [3.63, 3.8) is 0 Å². The van der Waals surface area contributed by atoms with E-state index in [4.69, 9.17) is 23.2 Å². The summed E-state index contributed by atoms with van der Waals surface area (Å²) in [6.07, 6.45) is 0. The Bertz CT molecular complexity index is 525. The van der Waals surface area contributed by atoms with Gasteiger partial charge in [0.1, 0.15) is 0 Å². The maximum Gasteiger partial charge on any atom is 0.0835 e. The van der Waals surface area contributed by atoms with Gasteiger partial charge in [-0.3, -0.25) is 0 Å². The molecule has 88 valence electrons. The van der Waals surface area contributed by atoms with Crippen LogP contribution in [0.2, 0.25) is 5.02 Å². The number of halogens is 4. The average molecular weight is 442 g/mol. The van der Waals surface area contributed by atoms with Crippen LogP contribution in [0.25, 0.3) is 0 Å². The van der Waals surface area contributed by atoms with Crippen molar-refractivity contribution in [1.29, 1.82) is 0 Å². The second-order valence-electron chi connectivity index (χ2n) is 3.59. The SMILES string of the molecule is Clc1cc(C(Cl)c2ccc(Br)cc2)ccc1I. The molecule has 1 atom stereocenters. The minimum absolute atomic E-state index is 0.169. The fraction of sp³-hybridized carbons (Fsp3) is 0.0769. The molecular formula is C13H8BrCl2I. The fourth-order valence-corrected chi connectivity index (χ4v) is 2.56. The molecule has 0 fully saturated rings. The van der Waals surface area contributed by atoms with E-state index in [0.29, 0.717) is 0 Å². The van der Waals surface area contributed by atoms with E-state index in [1.165, 1.54) is 0 Å². The highest BCUT2D eigenvalue weighted by Gasteiger charge is 2.11. The number of hydrogen-bond acceptors (Lipinski definition) is 0. The van der Waals surface area contributed by atoms with Crippen molar-refractivity contribution >= 4 is 61.7 Å². The molecule has 0 saturated heterocycles. The van der Waals surface area contributed by atoms with E-state index < -0.39 is 0 Å². The number of alkyl halides is 1. The molecule has 0 aliphatic heterocycles. The molecule has 0 spiro atoms. The van der Waals surface area contributed by atoms with Gasteiger partial charge >= 0.3 is 0 Å². The lowest BCUT2D eigenvalue weighted by Crippen LogP contribution is -1.93. The molecule has 0 N–H and O–H groups in total. The van der Waals surface area contributed by atoms with Gasteiger partial charge in [-0.2, -0.15) is 0 Å². The van der Waals surface area contributed by atoms with E-state index in [1.807, 2.05) is 42.5 Å². The first-order valence-corrected chi connectivity index (χ1v) is 7.61. The Morgan fingerprint density at radius 1 is 1.00 bits per heavy atom. The largest absolute Gasteiger partial charge is 0.113 e. The van der Waals surface area contributed by atoms with Gasteiger partial charge in [0.05, 0.1) is 10.4 Å². The molecule has 0 amide bonds. The van der Waals surface area contributed by atoms with Gasteiger partial charge < -0.3 is 0 Å². The highest BCUT2D eigenvalue weighted by Crippen LogP contribution is 2.32. The first-order chi connectivity index (χ1) is 8.08. The second kappa shape index (κ2) is 5.91. The molecule has 0 aromatic heterocycles. The van der Waals surface area contributed by atoms with Crippen LogP contribution in [0.1, 0.15) is 16.5 Å². The maximum absolute atomic E-state index is 6.43. The van der Waals surface area contributed by atoms with Crippen molar-refractivity contribution in [1.82, 2.24) is 0 Å². The van der Waals surface area contributed by atoms with Crippen molar-refractivity contribution in [2.75, 3.05) is 0 Å². The standard InChI is InChI=1S/C13H8BrCl2I/c14-10-4-1-8(2-5-10)13(16)9-3-6-12(17)11(15)7-9/h1-7,13H. The predicted molar refractivity (Wildman–Crippen MR) is 86.0 cm³/mol. The molecule has 1 unspecified atom stereocenters. The summed E-state index contributed by atoms with van der Waals surface area (Å²) >= 11 is 18.1. The minimum Gasteiger partial charge on any atom is -0.113 e. The van der Waals surface area contributed by atoms with E-state index >= 15 is 0 Å². The molecule has 0 bridgehead atoms. The molecule has 17 heavy (non-hydrogen) atoms. The minimum atomic E-state index is -0.169. The Morgan fingerprint density at radius 2 is 1.59 bits per heavy atom. The third-order valence-corrected chi connectivity index (χ3v) is 5.00. The van der Waals surface area contributed by atoms with E-state index in [1.54, 1.807) is 0 Å². The number of rotatable bonds is 2. The highest BCUT2D eigenvalue weighted by atomic mass is 127. The Balaban J connectivity index is 2.33. The average Bonchev–Trinajstić information content (AvgIpc) is 2.33. The van der Waals surface area contributed by atoms with Gasteiger partial charge in [-0.25, -0.2) is 0 Å². The third-order valence-electron chi connectivity index (χ3n) is 2.40. The molecule has 0 nitrogen and oxygen atoms in total. The topological polar surface area (TPSA) is 0 Å². The molecular weight excluding hydrogens is 434 g/mol. The Kier molecular flexibility index (Phi) is 4.75. The monoisotopic (exact) mass is 440 g/mol. The first-order valence-electron chi connectivity index (χ1n) is 4.92. The summed E-state index contributed by atoms with van der Waals surface area (Å²) in [5.74, 6) is 0. The molecule has 0 aliphatic rings. The van der Waals surface area contributed by atoms with Gasteiger partial charge in [-0.1, -0.05) is 45.7 Å². The lowest BCUT2D eigenvalue weighted by molar-refractivity contribution is 1.14. The Labute approximate surface area is 133 Å². The Hall–Kier alpha value is 0.230. The molecule has 4 heteroatoms. The molecule has 0 saturated carbocycles. The summed E-state index contributed by atoms with van der Waals surface area (Å²) in [5, 5.41) is 0.573. The van der Waals surface area contributed by atoms with Crippen LogP contribution in [0, 0.1) is 3.57 Å². The molecule has 0 heterocycles. The van der Waals surface area contributed by atoms with E-state index in [2.05, 4.69) is 38.5 Å². The van der Waals surface area contributed by atoms with E-state index in [-0.39, 0.29) is 5.38 Å². The zero-order valence-corrected chi connectivity index (χ0v) is 13.9. The summed E-state index contributed by atoms with van der Waals surface area (Å²) < 4.78 is 2.08. The molecule has 0 aliphatic carbocycles. The van der Waals surface area contributed by atoms with Crippen LogP contribution in [0.5, 0.6) is 0 Å². The van der Waals surface area contributed by atoms with Crippen LogP contribution in [0.3, 0.4) is 0 Å². The third kappa shape index (κ3) is 3.37. The van der Waals surface area contributed by atoms with Gasteiger partial charge in [0.2, 0.25) is 0 Å². The van der Waals surface area contributed by atoms with Crippen LogP contribution in [0.4, 0.5) is 0 Å². The maximum atomic E-state index is 6.43. The lowest BCUT2D eigenvalue weighted by atomic mass is 10.0. The summed E-state index contributed by atoms with van der Waals surface area (Å²) in [4.78, 5) is 0. The summed E-state index contributed by atoms with van der Waals surface area (Å²) in [6, 6.07) is 13.9. The van der Waals surface area contributed by atoms with Crippen LogP contribution in [0.15, 0.2) is 46.9 Å². The second-order valence-corrected chi connectivity index (χ2v) is 6.51. The summed E-state index contributed by atoms with van der Waals surface area (Å²) in [7, 11) is 0. The first kappa shape index (κ1) is 13.7. The molecule has 0 radical (unpaired) electrons. The van der Waals surface area contributed by atoms with Crippen molar-refractivity contribution in [2.24, 2.45) is 0 Å². The zero-order valence-electron chi connectivity index (χ0n) is 8.63. The van der Waals surface area contributed by atoms with Crippen molar-refractivity contribution in [3.05, 3.63) is 66.7 Å². The van der Waals surface area contributed by atoms with E-state index in [9.17, 15) is 0 Å². The van der Waals surface area contributed by atoms with Gasteiger partial charge in [0, 0.05) is 8.04 Å². The predicted octanol–water partition coefficient (Wildman–Crippen LogP) is 6.04. The summed E-state index contributed by atoms with van der Waals surface area (Å²) in [6.45, 7) is 0. The van der Waals surface area contributed by atoms with Crippen molar-refractivity contribution in [2.45, 2.75) is 5.38 Å². The highest BCUT2D eigenvalue weighted by molar-refractivity contribution is 14.1. The van der Waals surface area contributed by atoms with Crippen LogP contribution in [-0.2, 0) is 0 Å². The van der Waals surface area contributed by atoms with Gasteiger partial charge in [0.15, 0.2) is 0 Å². The van der Waals surface area contributed by atoms with Crippen molar-refractivity contribution in [3.8, 4) is 0 Å². The molecule has 2 aromatic carbocycles. The molecule has 2 rings (SSSR count). The molecule has 2 aromatic rings. The quantitative estimate of drug-likeness (QED) is 0.394. The normalized spacial score (nSPS) is 12.5. The van der Waals surface area contributed by atoms with Crippen LogP contribution < -0.4 is 0 Å². The number of benzene rings is 2. The van der Waals surface area contributed by atoms with Crippen LogP contribution >= 0.6 is 61.7 Å². The lowest BCUT2D eigenvalue weighted by Gasteiger charge is -2.11. The van der Waals surface area contributed by atoms with Gasteiger partial charge in [0.25, 0.3) is 0 Å². The van der Waals surface area contributed by atoms with Crippen molar-refractivity contribution < 1.29 is 0 Å². The number of hydrogen-bond donors (Lipinski definition) is 0. The fourth-order valence-electron chi connectivity index (χ4n) is 1.49. The smallest absolute Gasteiger partial charge is 0.0835 e. The van der Waals surface area contributed by atoms with E-state index in [0.717, 1.165) is 24.2 Å². The van der Waals surface area contributed by atoms with Crippen LogP contribution in [-0.4, -0.2) is 0 Å². The van der Waals surface area contributed by atoms with Gasteiger partial charge in [-0.15, -0.1) is 11.6 Å².